The van der Waals surface area contributed by atoms with Gasteiger partial charge in [0.2, 0.25) is 5.91 Å². The Morgan fingerprint density at radius 1 is 1.33 bits per heavy atom. The smallest absolute Gasteiger partial charge is 0.395 e. The zero-order chi connectivity index (χ0) is 15.5. The largest absolute Gasteiger partial charge is 0.406 e. The first-order valence-corrected chi connectivity index (χ1v) is 6.67. The van der Waals surface area contributed by atoms with Crippen molar-refractivity contribution in [3.05, 3.63) is 35.4 Å². The van der Waals surface area contributed by atoms with Crippen LogP contribution in [0.15, 0.2) is 24.3 Å². The Morgan fingerprint density at radius 2 is 2.00 bits per heavy atom. The molecule has 1 heterocycles. The number of benzene rings is 1. The molecule has 1 atom stereocenters. The second-order valence-corrected chi connectivity index (χ2v) is 5.00. The molecule has 1 aromatic rings. The molecule has 0 fully saturated rings. The van der Waals surface area contributed by atoms with Crippen LogP contribution in [0.2, 0.25) is 0 Å². The average Bonchev–Trinajstić information content (AvgIpc) is 2.44. The number of nitrogens with one attached hydrogen (secondary N) is 1. The Bertz CT molecular complexity index is 505. The minimum absolute atomic E-state index is 0.321. The lowest BCUT2D eigenvalue weighted by atomic mass is 9.95. The number of aliphatic hydroxyl groups is 1. The molecule has 0 saturated heterocycles. The van der Waals surface area contributed by atoms with Crippen LogP contribution in [-0.4, -0.2) is 47.8 Å². The summed E-state index contributed by atoms with van der Waals surface area (Å²) in [5, 5.41) is 11.8. The van der Waals surface area contributed by atoms with Gasteiger partial charge < -0.3 is 15.3 Å². The molecule has 1 aliphatic rings. The third-order valence-corrected chi connectivity index (χ3v) is 3.43. The van der Waals surface area contributed by atoms with E-state index in [1.54, 1.807) is 0 Å². The molecule has 0 bridgehead atoms. The Kier molecular flexibility index (Phi) is 4.84. The number of carbonyl (C=O) groups is 1. The van der Waals surface area contributed by atoms with Crippen molar-refractivity contribution in [2.75, 3.05) is 19.7 Å². The molecule has 0 radical (unpaired) electrons. The van der Waals surface area contributed by atoms with Gasteiger partial charge in [-0.3, -0.25) is 4.79 Å². The molecule has 21 heavy (non-hydrogen) atoms. The maximum atomic E-state index is 12.5. The van der Waals surface area contributed by atoms with Crippen molar-refractivity contribution in [3.8, 4) is 0 Å². The number of aliphatic hydroxyl groups excluding tert-OH is 1. The van der Waals surface area contributed by atoms with Gasteiger partial charge in [-0.25, -0.2) is 0 Å². The van der Waals surface area contributed by atoms with Crippen molar-refractivity contribution >= 4 is 5.91 Å². The van der Waals surface area contributed by atoms with Crippen LogP contribution in [0.3, 0.4) is 0 Å². The minimum atomic E-state index is -4.47. The Balaban J connectivity index is 2.08. The first-order valence-electron chi connectivity index (χ1n) is 6.67. The van der Waals surface area contributed by atoms with Crippen molar-refractivity contribution in [1.82, 2.24) is 10.2 Å². The second-order valence-electron chi connectivity index (χ2n) is 5.00. The molecular weight excluding hydrogens is 285 g/mol. The average molecular weight is 302 g/mol. The lowest BCUT2D eigenvalue weighted by Gasteiger charge is -2.31. The number of alkyl halides is 3. The van der Waals surface area contributed by atoms with E-state index in [0.717, 1.165) is 11.1 Å². The van der Waals surface area contributed by atoms with Gasteiger partial charge in [0.15, 0.2) is 0 Å². The molecule has 1 aromatic carbocycles. The van der Waals surface area contributed by atoms with Crippen molar-refractivity contribution in [2.24, 2.45) is 0 Å². The predicted molar refractivity (Wildman–Crippen MR) is 70.5 cm³/mol. The van der Waals surface area contributed by atoms with Crippen molar-refractivity contribution in [3.63, 3.8) is 0 Å². The summed E-state index contributed by atoms with van der Waals surface area (Å²) in [5.41, 5.74) is 2.01. The van der Waals surface area contributed by atoms with E-state index in [0.29, 0.717) is 17.9 Å². The molecule has 0 spiro atoms. The number of amides is 1. The van der Waals surface area contributed by atoms with Crippen LogP contribution in [0.4, 0.5) is 13.2 Å². The Morgan fingerprint density at radius 3 is 2.62 bits per heavy atom. The van der Waals surface area contributed by atoms with Gasteiger partial charge in [-0.2, -0.15) is 13.2 Å². The zero-order valence-corrected chi connectivity index (χ0v) is 11.4. The highest BCUT2D eigenvalue weighted by molar-refractivity contribution is 5.82. The van der Waals surface area contributed by atoms with Crippen molar-refractivity contribution in [2.45, 2.75) is 25.2 Å². The van der Waals surface area contributed by atoms with E-state index in [-0.39, 0.29) is 6.54 Å². The molecule has 2 N–H and O–H groups in total. The molecule has 7 heteroatoms. The Labute approximate surface area is 120 Å². The van der Waals surface area contributed by atoms with Gasteiger partial charge >= 0.3 is 6.18 Å². The van der Waals surface area contributed by atoms with E-state index < -0.39 is 31.3 Å². The fourth-order valence-corrected chi connectivity index (χ4v) is 2.45. The summed E-state index contributed by atoms with van der Waals surface area (Å²) >= 11 is 0. The predicted octanol–water partition coefficient (Wildman–Crippen LogP) is 1.08. The molecular formula is C14H17F3N2O2. The van der Waals surface area contributed by atoms with Gasteiger partial charge in [0, 0.05) is 13.1 Å². The second kappa shape index (κ2) is 6.44. The summed E-state index contributed by atoms with van der Waals surface area (Å²) in [6, 6.07) is 6.83. The van der Waals surface area contributed by atoms with Crippen LogP contribution >= 0.6 is 0 Å². The first-order chi connectivity index (χ1) is 9.90. The van der Waals surface area contributed by atoms with Crippen LogP contribution in [0.25, 0.3) is 0 Å². The summed E-state index contributed by atoms with van der Waals surface area (Å²) in [4.78, 5) is 12.9. The van der Waals surface area contributed by atoms with Crippen molar-refractivity contribution in [1.29, 1.82) is 0 Å². The number of nitrogens with zero attached hydrogens (tertiary/aromatic N) is 1. The number of halogens is 3. The molecule has 2 rings (SSSR count). The van der Waals surface area contributed by atoms with Crippen LogP contribution in [0, 0.1) is 0 Å². The molecule has 4 nitrogen and oxygen atoms in total. The fourth-order valence-electron chi connectivity index (χ4n) is 2.45. The minimum Gasteiger partial charge on any atom is -0.395 e. The van der Waals surface area contributed by atoms with Gasteiger partial charge in [0.25, 0.3) is 0 Å². The van der Waals surface area contributed by atoms with E-state index in [1.165, 1.54) is 0 Å². The Hall–Kier alpha value is -1.60. The van der Waals surface area contributed by atoms with Crippen molar-refractivity contribution < 1.29 is 23.1 Å². The lowest BCUT2D eigenvalue weighted by molar-refractivity contribution is -0.163. The highest BCUT2D eigenvalue weighted by Gasteiger charge is 2.36. The summed E-state index contributed by atoms with van der Waals surface area (Å²) in [6.45, 7) is -1.71. The first kappa shape index (κ1) is 15.8. The van der Waals surface area contributed by atoms with Crippen LogP contribution in [0.5, 0.6) is 0 Å². The molecule has 1 amide bonds. The number of carbonyl (C=O) groups excluding carboxylic acids is 1. The van der Waals surface area contributed by atoms with Gasteiger partial charge in [0.05, 0.1) is 12.6 Å². The maximum absolute atomic E-state index is 12.5. The zero-order valence-electron chi connectivity index (χ0n) is 11.4. The molecule has 116 valence electrons. The monoisotopic (exact) mass is 302 g/mol. The molecule has 0 aromatic heterocycles. The number of hydrogen-bond acceptors (Lipinski definition) is 3. The summed E-state index contributed by atoms with van der Waals surface area (Å²) < 4.78 is 37.5. The molecule has 0 unspecified atom stereocenters. The van der Waals surface area contributed by atoms with E-state index in [4.69, 9.17) is 5.11 Å². The summed E-state index contributed by atoms with van der Waals surface area (Å²) in [5.74, 6) is -0.629. The number of fused-ring (bicyclic) bond motifs is 1. The van der Waals surface area contributed by atoms with Crippen LogP contribution in [-0.2, 0) is 17.8 Å². The van der Waals surface area contributed by atoms with E-state index in [2.05, 4.69) is 5.32 Å². The number of hydrogen-bond donors (Lipinski definition) is 2. The fraction of sp³-hybridized carbons (Fsp3) is 0.500. The number of rotatable bonds is 4. The summed E-state index contributed by atoms with van der Waals surface area (Å²) in [7, 11) is 0. The molecule has 1 aliphatic heterocycles. The van der Waals surface area contributed by atoms with E-state index in [9.17, 15) is 18.0 Å². The third kappa shape index (κ3) is 4.18. The maximum Gasteiger partial charge on any atom is 0.406 e. The van der Waals surface area contributed by atoms with E-state index in [1.807, 2.05) is 24.3 Å². The third-order valence-electron chi connectivity index (χ3n) is 3.43. The molecule has 0 saturated carbocycles. The van der Waals surface area contributed by atoms with Gasteiger partial charge in [-0.1, -0.05) is 24.3 Å². The van der Waals surface area contributed by atoms with Gasteiger partial charge in [-0.15, -0.1) is 0 Å². The van der Waals surface area contributed by atoms with Crippen LogP contribution < -0.4 is 5.32 Å². The topological polar surface area (TPSA) is 52.6 Å². The quantitative estimate of drug-likeness (QED) is 0.875. The highest BCUT2D eigenvalue weighted by atomic mass is 19.4. The standard InChI is InChI=1S/C14H17F3N2O2/c15-14(16,17)9-19(5-6-20)13(21)12-7-10-3-1-2-4-11(10)8-18-12/h1-4,12,18,20H,5-9H2/t12-/m0/s1. The lowest BCUT2D eigenvalue weighted by Crippen LogP contribution is -2.52. The molecule has 0 aliphatic carbocycles. The van der Waals surface area contributed by atoms with Crippen LogP contribution in [0.1, 0.15) is 11.1 Å². The normalized spacial score (nSPS) is 18.2. The van der Waals surface area contributed by atoms with Gasteiger partial charge in [-0.05, 0) is 17.5 Å². The SMILES string of the molecule is O=C([C@@H]1Cc2ccccc2CN1)N(CCO)CC(F)(F)F. The van der Waals surface area contributed by atoms with Gasteiger partial charge in [0.1, 0.15) is 6.54 Å². The highest BCUT2D eigenvalue weighted by Crippen LogP contribution is 2.20. The van der Waals surface area contributed by atoms with E-state index >= 15 is 0 Å². The summed E-state index contributed by atoms with van der Waals surface area (Å²) in [6.07, 6.45) is -4.12.